The van der Waals surface area contributed by atoms with Gasteiger partial charge in [0.2, 0.25) is 0 Å². The van der Waals surface area contributed by atoms with Crippen molar-refractivity contribution in [2.24, 2.45) is 5.92 Å². The average molecular weight is 264 g/mol. The Morgan fingerprint density at radius 1 is 0.947 bits per heavy atom. The van der Waals surface area contributed by atoms with Crippen LogP contribution in [0.25, 0.3) is 0 Å². The van der Waals surface area contributed by atoms with Crippen LogP contribution in [0, 0.1) is 5.92 Å². The summed E-state index contributed by atoms with van der Waals surface area (Å²) in [5, 5.41) is 9.39. The van der Waals surface area contributed by atoms with E-state index in [0.29, 0.717) is 18.1 Å². The van der Waals surface area contributed by atoms with Gasteiger partial charge in [0.05, 0.1) is 5.92 Å². The Kier molecular flexibility index (Phi) is 2.85. The van der Waals surface area contributed by atoms with Crippen molar-refractivity contribution in [1.29, 1.82) is 0 Å². The first-order valence-corrected chi connectivity index (χ1v) is 8.00. The van der Waals surface area contributed by atoms with Gasteiger partial charge in [-0.1, -0.05) is 6.42 Å². The third-order valence-electron chi connectivity index (χ3n) is 6.11. The second-order valence-corrected chi connectivity index (χ2v) is 6.88. The summed E-state index contributed by atoms with van der Waals surface area (Å²) in [5.74, 6) is -0.646. The maximum Gasteiger partial charge on any atom is 0.308 e. The van der Waals surface area contributed by atoms with Crippen LogP contribution in [0.1, 0.15) is 44.9 Å². The molecule has 5 atom stereocenters. The van der Waals surface area contributed by atoms with Crippen molar-refractivity contribution in [1.82, 2.24) is 9.80 Å². The van der Waals surface area contributed by atoms with Gasteiger partial charge in [-0.3, -0.25) is 14.6 Å². The number of carboxylic acid groups (broad SMARTS) is 1. The van der Waals surface area contributed by atoms with Crippen molar-refractivity contribution >= 4 is 5.97 Å². The summed E-state index contributed by atoms with van der Waals surface area (Å²) in [5.41, 5.74) is 0. The van der Waals surface area contributed by atoms with Crippen molar-refractivity contribution in [2.45, 2.75) is 69.1 Å². The smallest absolute Gasteiger partial charge is 0.308 e. The molecule has 0 aromatic rings. The third kappa shape index (κ3) is 1.76. The minimum atomic E-state index is -0.560. The highest BCUT2D eigenvalue weighted by atomic mass is 16.4. The normalized spacial score (nSPS) is 46.6. The molecule has 4 saturated heterocycles. The van der Waals surface area contributed by atoms with Gasteiger partial charge in [-0.05, 0) is 45.1 Å². The van der Waals surface area contributed by atoms with E-state index in [4.69, 9.17) is 0 Å². The Balaban J connectivity index is 1.55. The molecule has 4 fully saturated rings. The van der Waals surface area contributed by atoms with E-state index in [1.807, 2.05) is 0 Å². The molecule has 4 aliphatic rings. The predicted molar refractivity (Wildman–Crippen MR) is 72.0 cm³/mol. The number of rotatable bonds is 2. The molecule has 19 heavy (non-hydrogen) atoms. The van der Waals surface area contributed by atoms with Gasteiger partial charge in [-0.2, -0.15) is 0 Å². The zero-order chi connectivity index (χ0) is 13.0. The molecule has 0 aliphatic carbocycles. The molecule has 2 bridgehead atoms. The maximum atomic E-state index is 11.4. The first kappa shape index (κ1) is 12.2. The lowest BCUT2D eigenvalue weighted by Crippen LogP contribution is -2.49. The van der Waals surface area contributed by atoms with Crippen LogP contribution in [0.15, 0.2) is 0 Å². The van der Waals surface area contributed by atoms with Gasteiger partial charge < -0.3 is 5.11 Å². The van der Waals surface area contributed by atoms with E-state index in [9.17, 15) is 9.90 Å². The van der Waals surface area contributed by atoms with Gasteiger partial charge in [0.15, 0.2) is 0 Å². The molecule has 1 N–H and O–H groups in total. The van der Waals surface area contributed by atoms with Gasteiger partial charge >= 0.3 is 5.97 Å². The summed E-state index contributed by atoms with van der Waals surface area (Å²) >= 11 is 0. The van der Waals surface area contributed by atoms with E-state index < -0.39 is 5.97 Å². The first-order valence-electron chi connectivity index (χ1n) is 8.00. The summed E-state index contributed by atoms with van der Waals surface area (Å²) in [6.45, 7) is 2.51. The van der Waals surface area contributed by atoms with Crippen LogP contribution in [0.5, 0.6) is 0 Å². The number of carboxylic acids is 1. The standard InChI is InChI=1S/C15H24N2O2/c18-15(19)11-9-10-4-5-12(11)17(10)14-6-8-16-7-2-1-3-13(14)16/h10-14H,1-9H2,(H,18,19). The van der Waals surface area contributed by atoms with Gasteiger partial charge in [0.25, 0.3) is 0 Å². The number of piperidine rings is 1. The lowest BCUT2D eigenvalue weighted by atomic mass is 9.89. The van der Waals surface area contributed by atoms with Crippen LogP contribution in [0.4, 0.5) is 0 Å². The number of hydrogen-bond acceptors (Lipinski definition) is 3. The number of nitrogens with zero attached hydrogens (tertiary/aromatic N) is 2. The van der Waals surface area contributed by atoms with Crippen molar-refractivity contribution in [2.75, 3.05) is 13.1 Å². The van der Waals surface area contributed by atoms with Crippen LogP contribution >= 0.6 is 0 Å². The predicted octanol–water partition coefficient (Wildman–Crippen LogP) is 1.55. The fourth-order valence-corrected chi connectivity index (χ4v) is 5.38. The highest BCUT2D eigenvalue weighted by molar-refractivity contribution is 5.71. The van der Waals surface area contributed by atoms with E-state index in [2.05, 4.69) is 9.80 Å². The number of aliphatic carboxylic acids is 1. The fraction of sp³-hybridized carbons (Fsp3) is 0.933. The van der Waals surface area contributed by atoms with Crippen LogP contribution in [0.3, 0.4) is 0 Å². The molecule has 106 valence electrons. The van der Waals surface area contributed by atoms with Crippen LogP contribution in [0.2, 0.25) is 0 Å². The average Bonchev–Trinajstić information content (AvgIpc) is 3.08. The quantitative estimate of drug-likeness (QED) is 0.822. The molecular weight excluding hydrogens is 240 g/mol. The molecule has 4 heteroatoms. The Morgan fingerprint density at radius 3 is 2.63 bits per heavy atom. The molecular formula is C15H24N2O2. The summed E-state index contributed by atoms with van der Waals surface area (Å²) < 4.78 is 0. The molecule has 0 radical (unpaired) electrons. The second-order valence-electron chi connectivity index (χ2n) is 6.88. The molecule has 4 aliphatic heterocycles. The Hall–Kier alpha value is -0.610. The van der Waals surface area contributed by atoms with Gasteiger partial charge in [0, 0.05) is 30.7 Å². The summed E-state index contributed by atoms with van der Waals surface area (Å²) in [7, 11) is 0. The van der Waals surface area contributed by atoms with Crippen LogP contribution in [-0.4, -0.2) is 58.1 Å². The van der Waals surface area contributed by atoms with Crippen molar-refractivity contribution in [3.05, 3.63) is 0 Å². The van der Waals surface area contributed by atoms with E-state index in [-0.39, 0.29) is 5.92 Å². The third-order valence-corrected chi connectivity index (χ3v) is 6.11. The molecule has 4 rings (SSSR count). The van der Waals surface area contributed by atoms with Gasteiger partial charge in [-0.15, -0.1) is 0 Å². The lowest BCUT2D eigenvalue weighted by Gasteiger charge is -2.38. The maximum absolute atomic E-state index is 11.4. The summed E-state index contributed by atoms with van der Waals surface area (Å²) in [6, 6.07) is 2.29. The van der Waals surface area contributed by atoms with Crippen molar-refractivity contribution in [3.8, 4) is 0 Å². The molecule has 4 heterocycles. The van der Waals surface area contributed by atoms with Gasteiger partial charge in [0.1, 0.15) is 0 Å². The Bertz CT molecular complexity index is 386. The van der Waals surface area contributed by atoms with E-state index in [1.165, 1.54) is 45.2 Å². The molecule has 0 aromatic heterocycles. The molecule has 0 spiro atoms. The van der Waals surface area contributed by atoms with E-state index >= 15 is 0 Å². The largest absolute Gasteiger partial charge is 0.481 e. The van der Waals surface area contributed by atoms with Crippen molar-refractivity contribution < 1.29 is 9.90 Å². The molecule has 5 unspecified atom stereocenters. The number of carbonyl (C=O) groups is 1. The highest BCUT2D eigenvalue weighted by Gasteiger charge is 2.54. The van der Waals surface area contributed by atoms with Gasteiger partial charge in [-0.25, -0.2) is 0 Å². The van der Waals surface area contributed by atoms with Crippen LogP contribution in [-0.2, 0) is 4.79 Å². The summed E-state index contributed by atoms with van der Waals surface area (Å²) in [6.07, 6.45) is 8.57. The van der Waals surface area contributed by atoms with E-state index in [0.717, 1.165) is 18.9 Å². The summed E-state index contributed by atoms with van der Waals surface area (Å²) in [4.78, 5) is 16.7. The SMILES string of the molecule is O=C(O)C1CC2CCC1N2C1CCN2CCCCC12. The second kappa shape index (κ2) is 4.45. The zero-order valence-electron chi connectivity index (χ0n) is 11.5. The molecule has 0 saturated carbocycles. The highest BCUT2D eigenvalue weighted by Crippen LogP contribution is 2.46. The minimum absolute atomic E-state index is 0.0867. The number of hydrogen-bond donors (Lipinski definition) is 1. The first-order chi connectivity index (χ1) is 9.25. The Morgan fingerprint density at radius 2 is 1.84 bits per heavy atom. The molecule has 0 aromatic carbocycles. The zero-order valence-corrected chi connectivity index (χ0v) is 11.5. The van der Waals surface area contributed by atoms with Crippen LogP contribution < -0.4 is 0 Å². The monoisotopic (exact) mass is 264 g/mol. The molecule has 0 amide bonds. The lowest BCUT2D eigenvalue weighted by molar-refractivity contribution is -0.142. The van der Waals surface area contributed by atoms with E-state index in [1.54, 1.807) is 0 Å². The van der Waals surface area contributed by atoms with Crippen molar-refractivity contribution in [3.63, 3.8) is 0 Å². The fourth-order valence-electron chi connectivity index (χ4n) is 5.38. The minimum Gasteiger partial charge on any atom is -0.481 e. The topological polar surface area (TPSA) is 43.8 Å². The Labute approximate surface area is 114 Å². The number of fused-ring (bicyclic) bond motifs is 3. The molecule has 4 nitrogen and oxygen atoms in total.